The lowest BCUT2D eigenvalue weighted by Gasteiger charge is -2.22. The quantitative estimate of drug-likeness (QED) is 0.776. The van der Waals surface area contributed by atoms with Crippen LogP contribution in [0.2, 0.25) is 0 Å². The highest BCUT2D eigenvalue weighted by atomic mass is 15.0. The number of nitrogens with zero attached hydrogens (tertiary/aromatic N) is 1. The first-order valence-corrected chi connectivity index (χ1v) is 6.11. The van der Waals surface area contributed by atoms with Gasteiger partial charge in [-0.3, -0.25) is 0 Å². The third kappa shape index (κ3) is 1.59. The van der Waals surface area contributed by atoms with Gasteiger partial charge >= 0.3 is 0 Å². The number of hydrogen-bond acceptors (Lipinski definition) is 2. The van der Waals surface area contributed by atoms with Crippen molar-refractivity contribution < 1.29 is 0 Å². The smallest absolute Gasteiger partial charge is 0.109 e. The molecule has 2 fully saturated rings. The number of hydrogen-bond donors (Lipinski definition) is 2. The highest BCUT2D eigenvalue weighted by Crippen LogP contribution is 2.36. The third-order valence-corrected chi connectivity index (χ3v) is 3.88. The van der Waals surface area contributed by atoms with Gasteiger partial charge in [0.05, 0.1) is 5.69 Å². The van der Waals surface area contributed by atoms with Gasteiger partial charge in [0.1, 0.15) is 5.82 Å². The van der Waals surface area contributed by atoms with E-state index in [2.05, 4.69) is 17.2 Å². The summed E-state index contributed by atoms with van der Waals surface area (Å²) in [5.41, 5.74) is 2.62. The fourth-order valence-corrected chi connectivity index (χ4v) is 2.66. The predicted molar refractivity (Wildman–Crippen MR) is 60.1 cm³/mol. The summed E-state index contributed by atoms with van der Waals surface area (Å²) in [5, 5.41) is 3.41. The van der Waals surface area contributed by atoms with Gasteiger partial charge in [0.25, 0.3) is 0 Å². The zero-order valence-corrected chi connectivity index (χ0v) is 9.34. The summed E-state index contributed by atoms with van der Waals surface area (Å²) in [4.78, 5) is 8.30. The molecule has 1 aliphatic heterocycles. The van der Waals surface area contributed by atoms with E-state index in [1.165, 1.54) is 42.9 Å². The van der Waals surface area contributed by atoms with Crippen LogP contribution in [-0.2, 0) is 0 Å². The number of aromatic nitrogens is 2. The Hall–Kier alpha value is -0.830. The second-order valence-corrected chi connectivity index (χ2v) is 4.95. The molecule has 1 aromatic heterocycles. The highest BCUT2D eigenvalue weighted by molar-refractivity contribution is 5.21. The van der Waals surface area contributed by atoms with E-state index in [1.54, 1.807) is 0 Å². The number of rotatable bonds is 2. The van der Waals surface area contributed by atoms with Crippen LogP contribution in [0.1, 0.15) is 54.7 Å². The molecule has 1 saturated heterocycles. The molecule has 0 aromatic carbocycles. The lowest BCUT2D eigenvalue weighted by molar-refractivity contribution is 0.403. The molecule has 0 amide bonds. The van der Waals surface area contributed by atoms with Crippen LogP contribution in [-0.4, -0.2) is 23.1 Å². The summed E-state index contributed by atoms with van der Waals surface area (Å²) in [5.74, 6) is 2.63. The van der Waals surface area contributed by atoms with E-state index in [4.69, 9.17) is 4.98 Å². The monoisotopic (exact) mass is 205 g/mol. The largest absolute Gasteiger partial charge is 0.346 e. The zero-order chi connectivity index (χ0) is 10.3. The van der Waals surface area contributed by atoms with Gasteiger partial charge in [-0.05, 0) is 32.7 Å². The lowest BCUT2D eigenvalue weighted by atomic mass is 9.85. The number of H-pyrrole nitrogens is 1. The molecular formula is C12H19N3. The second kappa shape index (κ2) is 3.63. The SMILES string of the molecule is Cc1[nH]c(C2CCC2)nc1C1CCNC1. The van der Waals surface area contributed by atoms with Crippen molar-refractivity contribution >= 4 is 0 Å². The maximum Gasteiger partial charge on any atom is 0.109 e. The molecule has 2 heterocycles. The van der Waals surface area contributed by atoms with Crippen LogP contribution in [0.5, 0.6) is 0 Å². The Kier molecular flexibility index (Phi) is 2.28. The standard InChI is InChI=1S/C12H19N3/c1-8-11(10-5-6-13-7-10)15-12(14-8)9-3-2-4-9/h9-10,13H,2-7H2,1H3,(H,14,15). The van der Waals surface area contributed by atoms with Crippen LogP contribution in [0.15, 0.2) is 0 Å². The van der Waals surface area contributed by atoms with E-state index in [0.29, 0.717) is 5.92 Å². The Morgan fingerprint density at radius 3 is 2.67 bits per heavy atom. The Bertz CT molecular complexity index is 346. The van der Waals surface area contributed by atoms with Crippen LogP contribution >= 0.6 is 0 Å². The summed E-state index contributed by atoms with van der Waals surface area (Å²) in [6.45, 7) is 4.42. The lowest BCUT2D eigenvalue weighted by Crippen LogP contribution is -2.11. The molecule has 1 saturated carbocycles. The van der Waals surface area contributed by atoms with E-state index in [1.807, 2.05) is 0 Å². The summed E-state index contributed by atoms with van der Waals surface area (Å²) in [6, 6.07) is 0. The Morgan fingerprint density at radius 2 is 2.07 bits per heavy atom. The average molecular weight is 205 g/mol. The molecule has 1 aliphatic carbocycles. The average Bonchev–Trinajstić information content (AvgIpc) is 2.70. The van der Waals surface area contributed by atoms with Gasteiger partial charge in [0, 0.05) is 24.1 Å². The van der Waals surface area contributed by atoms with Crippen molar-refractivity contribution in [1.29, 1.82) is 0 Å². The van der Waals surface area contributed by atoms with Crippen LogP contribution in [0.3, 0.4) is 0 Å². The maximum atomic E-state index is 4.82. The van der Waals surface area contributed by atoms with Crippen LogP contribution in [0.4, 0.5) is 0 Å². The Morgan fingerprint density at radius 1 is 1.20 bits per heavy atom. The minimum atomic E-state index is 0.648. The van der Waals surface area contributed by atoms with E-state index >= 15 is 0 Å². The van der Waals surface area contributed by atoms with E-state index < -0.39 is 0 Å². The first-order valence-electron chi connectivity index (χ1n) is 6.11. The summed E-state index contributed by atoms with van der Waals surface area (Å²) in [6.07, 6.45) is 5.28. The van der Waals surface area contributed by atoms with Crippen molar-refractivity contribution in [2.75, 3.05) is 13.1 Å². The van der Waals surface area contributed by atoms with Gasteiger partial charge in [-0.15, -0.1) is 0 Å². The predicted octanol–water partition coefficient (Wildman–Crippen LogP) is 2.06. The second-order valence-electron chi connectivity index (χ2n) is 4.95. The molecule has 1 atom stereocenters. The van der Waals surface area contributed by atoms with E-state index in [0.717, 1.165) is 19.0 Å². The summed E-state index contributed by atoms with van der Waals surface area (Å²) < 4.78 is 0. The first-order chi connectivity index (χ1) is 7.34. The minimum absolute atomic E-state index is 0.648. The molecule has 0 bridgehead atoms. The fraction of sp³-hybridized carbons (Fsp3) is 0.750. The van der Waals surface area contributed by atoms with Gasteiger partial charge in [0.15, 0.2) is 0 Å². The van der Waals surface area contributed by atoms with Crippen molar-refractivity contribution in [3.8, 4) is 0 Å². The number of aromatic amines is 1. The Balaban J connectivity index is 1.84. The van der Waals surface area contributed by atoms with Crippen LogP contribution in [0, 0.1) is 6.92 Å². The first kappa shape index (κ1) is 9.40. The number of aryl methyl sites for hydroxylation is 1. The molecule has 3 nitrogen and oxygen atoms in total. The van der Waals surface area contributed by atoms with E-state index in [-0.39, 0.29) is 0 Å². The molecule has 0 radical (unpaired) electrons. The molecule has 2 N–H and O–H groups in total. The van der Waals surface area contributed by atoms with Crippen LogP contribution < -0.4 is 5.32 Å². The van der Waals surface area contributed by atoms with Gasteiger partial charge in [-0.2, -0.15) is 0 Å². The van der Waals surface area contributed by atoms with Crippen molar-refractivity contribution in [2.45, 2.75) is 44.4 Å². The third-order valence-electron chi connectivity index (χ3n) is 3.88. The van der Waals surface area contributed by atoms with E-state index in [9.17, 15) is 0 Å². The van der Waals surface area contributed by atoms with Crippen molar-refractivity contribution in [1.82, 2.24) is 15.3 Å². The molecule has 2 aliphatic rings. The molecule has 82 valence electrons. The maximum absolute atomic E-state index is 4.82. The van der Waals surface area contributed by atoms with Crippen molar-refractivity contribution in [3.63, 3.8) is 0 Å². The topological polar surface area (TPSA) is 40.7 Å². The molecule has 1 unspecified atom stereocenters. The normalized spacial score (nSPS) is 26.9. The number of nitrogens with one attached hydrogen (secondary N) is 2. The highest BCUT2D eigenvalue weighted by Gasteiger charge is 2.26. The zero-order valence-electron chi connectivity index (χ0n) is 9.34. The molecule has 1 aromatic rings. The summed E-state index contributed by atoms with van der Waals surface area (Å²) in [7, 11) is 0. The molecular weight excluding hydrogens is 186 g/mol. The fourth-order valence-electron chi connectivity index (χ4n) is 2.66. The van der Waals surface area contributed by atoms with Gasteiger partial charge < -0.3 is 10.3 Å². The van der Waals surface area contributed by atoms with Crippen molar-refractivity contribution in [2.24, 2.45) is 0 Å². The Labute approximate surface area is 90.7 Å². The van der Waals surface area contributed by atoms with Gasteiger partial charge in [0.2, 0.25) is 0 Å². The van der Waals surface area contributed by atoms with Crippen molar-refractivity contribution in [3.05, 3.63) is 17.2 Å². The molecule has 3 heteroatoms. The summed E-state index contributed by atoms with van der Waals surface area (Å²) >= 11 is 0. The molecule has 3 rings (SSSR count). The van der Waals surface area contributed by atoms with Crippen LogP contribution in [0.25, 0.3) is 0 Å². The van der Waals surface area contributed by atoms with Gasteiger partial charge in [-0.1, -0.05) is 6.42 Å². The number of imidazole rings is 1. The minimum Gasteiger partial charge on any atom is -0.346 e. The molecule has 15 heavy (non-hydrogen) atoms. The van der Waals surface area contributed by atoms with Gasteiger partial charge in [-0.25, -0.2) is 4.98 Å². The molecule has 0 spiro atoms.